The number of amides is 1. The fourth-order valence-electron chi connectivity index (χ4n) is 2.28. The molecule has 1 amide bonds. The van der Waals surface area contributed by atoms with E-state index in [4.69, 9.17) is 4.74 Å². The van der Waals surface area contributed by atoms with Crippen LogP contribution in [0.5, 0.6) is 0 Å². The van der Waals surface area contributed by atoms with E-state index < -0.39 is 40.9 Å². The van der Waals surface area contributed by atoms with E-state index in [0.717, 1.165) is 25.3 Å². The topological polar surface area (TPSA) is 125 Å². The number of benzene rings is 2. The van der Waals surface area contributed by atoms with Gasteiger partial charge in [-0.25, -0.2) is 14.0 Å². The maximum absolute atomic E-state index is 13.5. The molecule has 9 nitrogen and oxygen atoms in total. The normalized spacial score (nSPS) is 10.2. The van der Waals surface area contributed by atoms with Gasteiger partial charge in [0.2, 0.25) is 0 Å². The lowest BCUT2D eigenvalue weighted by molar-refractivity contribution is -0.384. The molecule has 152 valence electrons. The Bertz CT molecular complexity index is 975. The lowest BCUT2D eigenvalue weighted by atomic mass is 10.1. The van der Waals surface area contributed by atoms with E-state index in [-0.39, 0.29) is 17.7 Å². The van der Waals surface area contributed by atoms with Crippen LogP contribution < -0.4 is 5.32 Å². The van der Waals surface area contributed by atoms with Crippen LogP contribution in [0, 0.1) is 22.9 Å². The molecule has 0 aliphatic rings. The number of carbonyl (C=O) groups excluding carboxylic acids is 3. The fraction of sp³-hybridized carbons (Fsp3) is 0.211. The van der Waals surface area contributed by atoms with Gasteiger partial charge in [-0.15, -0.1) is 0 Å². The quantitative estimate of drug-likeness (QED) is 0.426. The highest BCUT2D eigenvalue weighted by molar-refractivity contribution is 5.97. The van der Waals surface area contributed by atoms with Crippen molar-refractivity contribution in [3.63, 3.8) is 0 Å². The Morgan fingerprint density at radius 2 is 1.76 bits per heavy atom. The van der Waals surface area contributed by atoms with Crippen molar-refractivity contribution in [2.24, 2.45) is 0 Å². The zero-order valence-electron chi connectivity index (χ0n) is 15.6. The number of carbonyl (C=O) groups is 3. The van der Waals surface area contributed by atoms with Crippen LogP contribution in [0.3, 0.4) is 0 Å². The number of esters is 2. The molecule has 0 saturated carbocycles. The molecule has 0 fully saturated rings. The van der Waals surface area contributed by atoms with Crippen molar-refractivity contribution in [2.45, 2.75) is 13.5 Å². The fourth-order valence-corrected chi connectivity index (χ4v) is 2.28. The number of nitro groups is 1. The Balaban J connectivity index is 1.99. The van der Waals surface area contributed by atoms with Gasteiger partial charge < -0.3 is 14.8 Å². The molecule has 0 bridgehead atoms. The number of ether oxygens (including phenoxy) is 2. The number of nitrogens with one attached hydrogen (secondary N) is 1. The van der Waals surface area contributed by atoms with Gasteiger partial charge in [0.05, 0.1) is 23.2 Å². The molecular weight excluding hydrogens is 387 g/mol. The number of nitro benzene ring substituents is 1. The van der Waals surface area contributed by atoms with Gasteiger partial charge in [-0.2, -0.15) is 0 Å². The highest BCUT2D eigenvalue weighted by atomic mass is 19.1. The summed E-state index contributed by atoms with van der Waals surface area (Å²) in [5, 5.41) is 13.4. The number of halogens is 1. The summed E-state index contributed by atoms with van der Waals surface area (Å²) in [5.41, 5.74) is -0.00957. The summed E-state index contributed by atoms with van der Waals surface area (Å²) in [7, 11) is 1.09. The molecule has 0 aliphatic carbocycles. The minimum absolute atomic E-state index is 0.0247. The molecule has 29 heavy (non-hydrogen) atoms. The van der Waals surface area contributed by atoms with Crippen LogP contribution in [0.1, 0.15) is 31.8 Å². The van der Waals surface area contributed by atoms with Crippen molar-refractivity contribution in [3.05, 3.63) is 74.6 Å². The second-order valence-corrected chi connectivity index (χ2v) is 5.95. The maximum Gasteiger partial charge on any atom is 0.338 e. The van der Waals surface area contributed by atoms with Crippen LogP contribution in [0.2, 0.25) is 0 Å². The highest BCUT2D eigenvalue weighted by Crippen LogP contribution is 2.19. The number of methoxy groups -OCH3 is 1. The maximum atomic E-state index is 13.5. The van der Waals surface area contributed by atoms with Crippen LogP contribution in [-0.2, 0) is 20.8 Å². The van der Waals surface area contributed by atoms with E-state index in [0.29, 0.717) is 11.1 Å². The zero-order valence-corrected chi connectivity index (χ0v) is 15.6. The largest absolute Gasteiger partial charge is 0.465 e. The third kappa shape index (κ3) is 5.83. The van der Waals surface area contributed by atoms with E-state index in [1.165, 1.54) is 6.07 Å². The number of hydrogen-bond donors (Lipinski definition) is 1. The molecule has 2 rings (SSSR count). The average molecular weight is 404 g/mol. The minimum atomic E-state index is -1.03. The molecule has 10 heteroatoms. The van der Waals surface area contributed by atoms with Crippen molar-refractivity contribution < 1.29 is 33.2 Å². The van der Waals surface area contributed by atoms with Crippen LogP contribution >= 0.6 is 0 Å². The summed E-state index contributed by atoms with van der Waals surface area (Å²) < 4.78 is 22.8. The average Bonchev–Trinajstić information content (AvgIpc) is 2.71. The molecular formula is C19H17FN2O7. The lowest BCUT2D eigenvalue weighted by Crippen LogP contribution is -2.28. The van der Waals surface area contributed by atoms with Crippen molar-refractivity contribution >= 4 is 23.5 Å². The molecule has 0 radical (unpaired) electrons. The monoisotopic (exact) mass is 404 g/mol. The van der Waals surface area contributed by atoms with E-state index in [1.807, 2.05) is 0 Å². The molecule has 0 heterocycles. The SMILES string of the molecule is COC(=O)c1cc(C(=O)OCC(=O)NCc2ccc(C)c(F)c2)cc([N+](=O)[O-])c1. The summed E-state index contributed by atoms with van der Waals surface area (Å²) in [6, 6.07) is 7.42. The van der Waals surface area contributed by atoms with Crippen LogP contribution in [0.15, 0.2) is 36.4 Å². The van der Waals surface area contributed by atoms with Gasteiger partial charge in [-0.05, 0) is 30.2 Å². The van der Waals surface area contributed by atoms with Crippen molar-refractivity contribution in [1.82, 2.24) is 5.32 Å². The molecule has 0 aromatic heterocycles. The molecule has 2 aromatic rings. The Hall–Kier alpha value is -3.82. The summed E-state index contributed by atoms with van der Waals surface area (Å²) in [5.74, 6) is -2.96. The van der Waals surface area contributed by atoms with Gasteiger partial charge in [0.25, 0.3) is 11.6 Å². The number of rotatable bonds is 7. The van der Waals surface area contributed by atoms with Crippen LogP contribution in [0.25, 0.3) is 0 Å². The predicted molar refractivity (Wildman–Crippen MR) is 97.7 cm³/mol. The number of non-ortho nitro benzene ring substituents is 1. The van der Waals surface area contributed by atoms with Gasteiger partial charge in [0, 0.05) is 18.7 Å². The van der Waals surface area contributed by atoms with Gasteiger partial charge in [0.15, 0.2) is 6.61 Å². The first kappa shape index (κ1) is 21.5. The van der Waals surface area contributed by atoms with Crippen molar-refractivity contribution in [3.8, 4) is 0 Å². The molecule has 0 unspecified atom stereocenters. The second kappa shape index (κ2) is 9.40. The van der Waals surface area contributed by atoms with Crippen LogP contribution in [0.4, 0.5) is 10.1 Å². The van der Waals surface area contributed by atoms with E-state index >= 15 is 0 Å². The first-order chi connectivity index (χ1) is 13.7. The van der Waals surface area contributed by atoms with Gasteiger partial charge in [0.1, 0.15) is 5.82 Å². The molecule has 0 atom stereocenters. The van der Waals surface area contributed by atoms with Gasteiger partial charge >= 0.3 is 11.9 Å². The Morgan fingerprint density at radius 1 is 1.10 bits per heavy atom. The summed E-state index contributed by atoms with van der Waals surface area (Å²) >= 11 is 0. The molecule has 0 saturated heterocycles. The summed E-state index contributed by atoms with van der Waals surface area (Å²) in [6.45, 7) is 0.969. The van der Waals surface area contributed by atoms with E-state index in [2.05, 4.69) is 10.1 Å². The third-order valence-corrected chi connectivity index (χ3v) is 3.85. The summed E-state index contributed by atoms with van der Waals surface area (Å²) in [6.07, 6.45) is 0. The standard InChI is InChI=1S/C19H17FN2O7/c1-11-3-4-12(5-16(11)20)9-21-17(23)10-29-19(25)14-6-13(18(24)28-2)7-15(8-14)22(26)27/h3-8H,9-10H2,1-2H3,(H,21,23). The minimum Gasteiger partial charge on any atom is -0.465 e. The predicted octanol–water partition coefficient (Wildman–Crippen LogP) is 2.30. The number of hydrogen-bond acceptors (Lipinski definition) is 7. The molecule has 0 aliphatic heterocycles. The van der Waals surface area contributed by atoms with E-state index in [1.54, 1.807) is 19.1 Å². The lowest BCUT2D eigenvalue weighted by Gasteiger charge is -2.08. The first-order valence-electron chi connectivity index (χ1n) is 8.28. The number of aryl methyl sites for hydroxylation is 1. The smallest absolute Gasteiger partial charge is 0.338 e. The van der Waals surface area contributed by atoms with Gasteiger partial charge in [-0.3, -0.25) is 14.9 Å². The van der Waals surface area contributed by atoms with Crippen molar-refractivity contribution in [1.29, 1.82) is 0 Å². The highest BCUT2D eigenvalue weighted by Gasteiger charge is 2.20. The third-order valence-electron chi connectivity index (χ3n) is 3.85. The molecule has 0 spiro atoms. The second-order valence-electron chi connectivity index (χ2n) is 5.95. The Labute approximate surface area is 164 Å². The van der Waals surface area contributed by atoms with Crippen molar-refractivity contribution in [2.75, 3.05) is 13.7 Å². The van der Waals surface area contributed by atoms with E-state index in [9.17, 15) is 28.9 Å². The Morgan fingerprint density at radius 3 is 2.34 bits per heavy atom. The van der Waals surface area contributed by atoms with Crippen LogP contribution in [-0.4, -0.2) is 36.5 Å². The summed E-state index contributed by atoms with van der Waals surface area (Å²) in [4.78, 5) is 45.8. The number of nitrogens with zero attached hydrogens (tertiary/aromatic N) is 1. The Kier molecular flexibility index (Phi) is 6.96. The first-order valence-corrected chi connectivity index (χ1v) is 8.28. The van der Waals surface area contributed by atoms with Gasteiger partial charge in [-0.1, -0.05) is 12.1 Å². The molecule has 2 aromatic carbocycles. The zero-order chi connectivity index (χ0) is 21.6. The molecule has 1 N–H and O–H groups in total.